The molecular weight excluding hydrogens is 230 g/mol. The fourth-order valence-electron chi connectivity index (χ4n) is 1.66. The quantitative estimate of drug-likeness (QED) is 0.723. The van der Waals surface area contributed by atoms with E-state index in [1.807, 2.05) is 37.3 Å². The van der Waals surface area contributed by atoms with Crippen molar-refractivity contribution in [3.8, 4) is 0 Å². The normalized spacial score (nSPS) is 13.9. The Morgan fingerprint density at radius 1 is 1.39 bits per heavy atom. The monoisotopic (exact) mass is 251 g/mol. The summed E-state index contributed by atoms with van der Waals surface area (Å²) in [7, 11) is 1.35. The molecule has 2 atom stereocenters. The number of aliphatic hydroxyl groups excluding tert-OH is 1. The van der Waals surface area contributed by atoms with Gasteiger partial charge in [0.2, 0.25) is 0 Å². The molecule has 2 N–H and O–H groups in total. The number of hydrogen-bond donors (Lipinski definition) is 2. The van der Waals surface area contributed by atoms with Crippen molar-refractivity contribution in [2.24, 2.45) is 0 Å². The van der Waals surface area contributed by atoms with Crippen LogP contribution in [0, 0.1) is 0 Å². The SMILES string of the molecule is COC(=O)CCC(O)CNC(C)c1ccccc1. The molecule has 4 nitrogen and oxygen atoms in total. The van der Waals surface area contributed by atoms with E-state index in [0.29, 0.717) is 13.0 Å². The van der Waals surface area contributed by atoms with Crippen LogP contribution in [0.3, 0.4) is 0 Å². The zero-order chi connectivity index (χ0) is 13.4. The van der Waals surface area contributed by atoms with E-state index in [0.717, 1.165) is 0 Å². The molecule has 4 heteroatoms. The number of esters is 1. The molecule has 1 aromatic carbocycles. The average molecular weight is 251 g/mol. The summed E-state index contributed by atoms with van der Waals surface area (Å²) < 4.78 is 4.53. The minimum atomic E-state index is -0.532. The molecule has 0 spiro atoms. The van der Waals surface area contributed by atoms with Gasteiger partial charge in [0.1, 0.15) is 0 Å². The Balaban J connectivity index is 2.26. The van der Waals surface area contributed by atoms with E-state index in [9.17, 15) is 9.90 Å². The zero-order valence-corrected chi connectivity index (χ0v) is 10.9. The van der Waals surface area contributed by atoms with E-state index < -0.39 is 6.10 Å². The molecule has 0 amide bonds. The Kier molecular flexibility index (Phi) is 6.39. The smallest absolute Gasteiger partial charge is 0.305 e. The lowest BCUT2D eigenvalue weighted by Gasteiger charge is -2.17. The maximum atomic E-state index is 10.9. The lowest BCUT2D eigenvalue weighted by molar-refractivity contribution is -0.141. The third-order valence-electron chi connectivity index (χ3n) is 2.87. The summed E-state index contributed by atoms with van der Waals surface area (Å²) in [4.78, 5) is 10.9. The molecule has 0 aliphatic carbocycles. The van der Waals surface area contributed by atoms with Gasteiger partial charge in [0.25, 0.3) is 0 Å². The van der Waals surface area contributed by atoms with Gasteiger partial charge in [-0.3, -0.25) is 4.79 Å². The standard InChI is InChI=1S/C14H21NO3/c1-11(12-6-4-3-5-7-12)15-10-13(16)8-9-14(17)18-2/h3-7,11,13,15-16H,8-10H2,1-2H3. The lowest BCUT2D eigenvalue weighted by Crippen LogP contribution is -2.29. The van der Waals surface area contributed by atoms with Crippen LogP contribution < -0.4 is 5.32 Å². The van der Waals surface area contributed by atoms with Gasteiger partial charge in [0.15, 0.2) is 0 Å². The minimum Gasteiger partial charge on any atom is -0.469 e. The molecule has 1 rings (SSSR count). The third-order valence-corrected chi connectivity index (χ3v) is 2.87. The first-order valence-electron chi connectivity index (χ1n) is 6.16. The van der Waals surface area contributed by atoms with E-state index >= 15 is 0 Å². The molecule has 1 aromatic rings. The second-order valence-electron chi connectivity index (χ2n) is 4.31. The number of carbonyl (C=O) groups excluding carboxylic acids is 1. The Morgan fingerprint density at radius 3 is 2.67 bits per heavy atom. The minimum absolute atomic E-state index is 0.180. The van der Waals surface area contributed by atoms with Gasteiger partial charge in [-0.1, -0.05) is 30.3 Å². The molecule has 0 bridgehead atoms. The van der Waals surface area contributed by atoms with Crippen molar-refractivity contribution in [3.63, 3.8) is 0 Å². The highest BCUT2D eigenvalue weighted by Gasteiger charge is 2.10. The van der Waals surface area contributed by atoms with Gasteiger partial charge in [-0.05, 0) is 18.9 Å². The van der Waals surface area contributed by atoms with Crippen molar-refractivity contribution in [3.05, 3.63) is 35.9 Å². The first-order valence-corrected chi connectivity index (χ1v) is 6.16. The van der Waals surface area contributed by atoms with Crippen molar-refractivity contribution >= 4 is 5.97 Å². The van der Waals surface area contributed by atoms with Gasteiger partial charge >= 0.3 is 5.97 Å². The summed E-state index contributed by atoms with van der Waals surface area (Å²) in [6.45, 7) is 2.51. The third kappa shape index (κ3) is 5.29. The summed E-state index contributed by atoms with van der Waals surface area (Å²) in [5, 5.41) is 13.0. The fraction of sp³-hybridized carbons (Fsp3) is 0.500. The summed E-state index contributed by atoms with van der Waals surface area (Å²) in [6.07, 6.45) is 0.135. The lowest BCUT2D eigenvalue weighted by atomic mass is 10.1. The van der Waals surface area contributed by atoms with Crippen LogP contribution in [0.2, 0.25) is 0 Å². The van der Waals surface area contributed by atoms with Gasteiger partial charge in [-0.2, -0.15) is 0 Å². The van der Waals surface area contributed by atoms with Crippen LogP contribution >= 0.6 is 0 Å². The first-order chi connectivity index (χ1) is 8.63. The molecule has 0 aliphatic heterocycles. The van der Waals surface area contributed by atoms with Crippen molar-refractivity contribution < 1.29 is 14.6 Å². The Labute approximate surface area is 108 Å². The second kappa shape index (κ2) is 7.84. The Hall–Kier alpha value is -1.39. The van der Waals surface area contributed by atoms with E-state index in [-0.39, 0.29) is 18.4 Å². The second-order valence-corrected chi connectivity index (χ2v) is 4.31. The molecule has 2 unspecified atom stereocenters. The summed E-state index contributed by atoms with van der Waals surface area (Å²) in [5.41, 5.74) is 1.18. The summed E-state index contributed by atoms with van der Waals surface area (Å²) >= 11 is 0. The first kappa shape index (κ1) is 14.7. The van der Waals surface area contributed by atoms with Gasteiger partial charge in [0.05, 0.1) is 13.2 Å². The molecule has 100 valence electrons. The number of benzene rings is 1. The van der Waals surface area contributed by atoms with Crippen LogP contribution in [0.25, 0.3) is 0 Å². The molecular formula is C14H21NO3. The number of nitrogens with one attached hydrogen (secondary N) is 1. The molecule has 0 saturated carbocycles. The van der Waals surface area contributed by atoms with Gasteiger partial charge in [0, 0.05) is 19.0 Å². The predicted molar refractivity (Wildman–Crippen MR) is 70.1 cm³/mol. The van der Waals surface area contributed by atoms with Crippen molar-refractivity contribution in [1.82, 2.24) is 5.32 Å². The maximum Gasteiger partial charge on any atom is 0.305 e. The van der Waals surface area contributed by atoms with Crippen LogP contribution in [0.5, 0.6) is 0 Å². The highest BCUT2D eigenvalue weighted by molar-refractivity contribution is 5.69. The largest absolute Gasteiger partial charge is 0.469 e. The van der Waals surface area contributed by atoms with Crippen molar-refractivity contribution in [2.45, 2.75) is 31.9 Å². The van der Waals surface area contributed by atoms with Crippen LogP contribution in [0.1, 0.15) is 31.4 Å². The highest BCUT2D eigenvalue weighted by Crippen LogP contribution is 2.11. The van der Waals surface area contributed by atoms with Crippen LogP contribution in [0.4, 0.5) is 0 Å². The Bertz CT molecular complexity index is 353. The average Bonchev–Trinajstić information content (AvgIpc) is 2.42. The number of hydrogen-bond acceptors (Lipinski definition) is 4. The summed E-state index contributed by atoms with van der Waals surface area (Å²) in [5.74, 6) is -0.287. The topological polar surface area (TPSA) is 58.6 Å². The van der Waals surface area contributed by atoms with Crippen LogP contribution in [0.15, 0.2) is 30.3 Å². The van der Waals surface area contributed by atoms with Gasteiger partial charge in [-0.25, -0.2) is 0 Å². The fourth-order valence-corrected chi connectivity index (χ4v) is 1.66. The Morgan fingerprint density at radius 2 is 2.06 bits per heavy atom. The van der Waals surface area contributed by atoms with Crippen LogP contribution in [-0.4, -0.2) is 30.8 Å². The number of rotatable bonds is 7. The molecule has 0 heterocycles. The summed E-state index contributed by atoms with van der Waals surface area (Å²) in [6, 6.07) is 10.2. The van der Waals surface area contributed by atoms with Crippen molar-refractivity contribution in [2.75, 3.05) is 13.7 Å². The van der Waals surface area contributed by atoms with E-state index in [1.165, 1.54) is 12.7 Å². The van der Waals surface area contributed by atoms with Gasteiger partial charge < -0.3 is 15.2 Å². The number of ether oxygens (including phenoxy) is 1. The number of aliphatic hydroxyl groups is 1. The zero-order valence-electron chi connectivity index (χ0n) is 10.9. The maximum absolute atomic E-state index is 10.9. The van der Waals surface area contributed by atoms with E-state index in [1.54, 1.807) is 0 Å². The molecule has 0 aliphatic rings. The molecule has 18 heavy (non-hydrogen) atoms. The van der Waals surface area contributed by atoms with Crippen molar-refractivity contribution in [1.29, 1.82) is 0 Å². The molecule has 0 aromatic heterocycles. The van der Waals surface area contributed by atoms with Gasteiger partial charge in [-0.15, -0.1) is 0 Å². The predicted octanol–water partition coefficient (Wildman–Crippen LogP) is 1.65. The number of carbonyl (C=O) groups is 1. The van der Waals surface area contributed by atoms with Crippen LogP contribution in [-0.2, 0) is 9.53 Å². The number of methoxy groups -OCH3 is 1. The molecule has 0 saturated heterocycles. The van der Waals surface area contributed by atoms with E-state index in [4.69, 9.17) is 0 Å². The molecule has 0 radical (unpaired) electrons. The highest BCUT2D eigenvalue weighted by atomic mass is 16.5. The molecule has 0 fully saturated rings. The van der Waals surface area contributed by atoms with E-state index in [2.05, 4.69) is 10.1 Å².